The number of rotatable bonds is 4. The highest BCUT2D eigenvalue weighted by Gasteiger charge is 2.25. The highest BCUT2D eigenvalue weighted by atomic mass is 16.5. The van der Waals surface area contributed by atoms with Crippen LogP contribution < -0.4 is 9.64 Å². The largest absolute Gasteiger partial charge is 0.497 e. The SMILES string of the molecule is COc1ccc(-n2c(C)cc(C(=O)N3CCN(c4ccccc4)CC3)c2C)cc1. The summed E-state index contributed by atoms with van der Waals surface area (Å²) in [5.74, 6) is 0.939. The summed E-state index contributed by atoms with van der Waals surface area (Å²) in [4.78, 5) is 17.5. The molecule has 0 aliphatic carbocycles. The van der Waals surface area contributed by atoms with E-state index in [2.05, 4.69) is 33.7 Å². The van der Waals surface area contributed by atoms with Gasteiger partial charge in [0.2, 0.25) is 0 Å². The number of anilines is 1. The molecule has 29 heavy (non-hydrogen) atoms. The molecule has 0 bridgehead atoms. The molecule has 4 rings (SSSR count). The molecular formula is C24H27N3O2. The number of aromatic nitrogens is 1. The van der Waals surface area contributed by atoms with Crippen molar-refractivity contribution in [1.82, 2.24) is 9.47 Å². The van der Waals surface area contributed by atoms with Gasteiger partial charge in [0.1, 0.15) is 5.75 Å². The van der Waals surface area contributed by atoms with Crippen molar-refractivity contribution < 1.29 is 9.53 Å². The molecule has 5 heteroatoms. The normalized spacial score (nSPS) is 14.2. The Hall–Kier alpha value is -3.21. The highest BCUT2D eigenvalue weighted by molar-refractivity contribution is 5.96. The van der Waals surface area contributed by atoms with Crippen LogP contribution in [0.1, 0.15) is 21.7 Å². The first-order valence-electron chi connectivity index (χ1n) is 10.0. The number of carbonyl (C=O) groups excluding carboxylic acids is 1. The molecule has 150 valence electrons. The molecule has 1 saturated heterocycles. The molecule has 0 spiro atoms. The van der Waals surface area contributed by atoms with Gasteiger partial charge in [0.25, 0.3) is 5.91 Å². The van der Waals surface area contributed by atoms with Crippen molar-refractivity contribution in [2.24, 2.45) is 0 Å². The van der Waals surface area contributed by atoms with Crippen LogP contribution in [0.2, 0.25) is 0 Å². The molecule has 1 aliphatic rings. The van der Waals surface area contributed by atoms with Gasteiger partial charge in [0, 0.05) is 48.9 Å². The van der Waals surface area contributed by atoms with Gasteiger partial charge in [-0.05, 0) is 56.3 Å². The van der Waals surface area contributed by atoms with Crippen LogP contribution in [0.4, 0.5) is 5.69 Å². The Morgan fingerprint density at radius 3 is 2.14 bits per heavy atom. The van der Waals surface area contributed by atoms with Crippen molar-refractivity contribution in [3.63, 3.8) is 0 Å². The Kier molecular flexibility index (Phi) is 5.30. The summed E-state index contributed by atoms with van der Waals surface area (Å²) in [7, 11) is 1.66. The van der Waals surface area contributed by atoms with E-state index in [-0.39, 0.29) is 5.91 Å². The van der Waals surface area contributed by atoms with E-state index in [1.165, 1.54) is 5.69 Å². The zero-order valence-electron chi connectivity index (χ0n) is 17.3. The summed E-state index contributed by atoms with van der Waals surface area (Å²) in [5.41, 5.74) is 5.07. The van der Waals surface area contributed by atoms with E-state index in [4.69, 9.17) is 4.74 Å². The monoisotopic (exact) mass is 389 g/mol. The van der Waals surface area contributed by atoms with Crippen LogP contribution in [0.5, 0.6) is 5.75 Å². The second-order valence-corrected chi connectivity index (χ2v) is 7.43. The molecule has 1 fully saturated rings. The molecule has 0 saturated carbocycles. The van der Waals surface area contributed by atoms with Crippen molar-refractivity contribution in [3.8, 4) is 11.4 Å². The van der Waals surface area contributed by atoms with Crippen molar-refractivity contribution in [1.29, 1.82) is 0 Å². The number of hydrogen-bond donors (Lipinski definition) is 0. The van der Waals surface area contributed by atoms with Crippen LogP contribution in [-0.2, 0) is 0 Å². The fourth-order valence-corrected chi connectivity index (χ4v) is 4.08. The maximum absolute atomic E-state index is 13.2. The maximum atomic E-state index is 13.2. The lowest BCUT2D eigenvalue weighted by molar-refractivity contribution is 0.0746. The minimum atomic E-state index is 0.116. The number of piperazine rings is 1. The molecule has 3 aromatic rings. The molecule has 2 heterocycles. The number of benzene rings is 2. The Balaban J connectivity index is 1.51. The van der Waals surface area contributed by atoms with Crippen molar-refractivity contribution >= 4 is 11.6 Å². The Labute approximate surface area is 172 Å². The lowest BCUT2D eigenvalue weighted by Gasteiger charge is -2.36. The summed E-state index contributed by atoms with van der Waals surface area (Å²) >= 11 is 0. The van der Waals surface area contributed by atoms with Gasteiger partial charge in [0.15, 0.2) is 0 Å². The molecule has 2 aromatic carbocycles. The minimum absolute atomic E-state index is 0.116. The molecular weight excluding hydrogens is 362 g/mol. The number of para-hydroxylation sites is 1. The van der Waals surface area contributed by atoms with E-state index in [0.717, 1.165) is 54.6 Å². The number of nitrogens with zero attached hydrogens (tertiary/aromatic N) is 3. The van der Waals surface area contributed by atoms with Gasteiger partial charge in [-0.2, -0.15) is 0 Å². The number of ether oxygens (including phenoxy) is 1. The first-order chi connectivity index (χ1) is 14.1. The molecule has 5 nitrogen and oxygen atoms in total. The third-order valence-electron chi connectivity index (χ3n) is 5.68. The number of carbonyl (C=O) groups is 1. The second kappa shape index (κ2) is 8.03. The molecule has 0 unspecified atom stereocenters. The Morgan fingerprint density at radius 2 is 1.52 bits per heavy atom. The standard InChI is InChI=1S/C24H27N3O2/c1-18-17-23(19(2)27(18)21-9-11-22(29-3)12-10-21)24(28)26-15-13-25(14-16-26)20-7-5-4-6-8-20/h4-12,17H,13-16H2,1-3H3. The van der Waals surface area contributed by atoms with E-state index in [9.17, 15) is 4.79 Å². The summed E-state index contributed by atoms with van der Waals surface area (Å²) < 4.78 is 7.39. The van der Waals surface area contributed by atoms with Crippen molar-refractivity contribution in [2.45, 2.75) is 13.8 Å². The van der Waals surface area contributed by atoms with E-state index in [1.807, 2.05) is 55.1 Å². The topological polar surface area (TPSA) is 37.7 Å². The average molecular weight is 389 g/mol. The van der Waals surface area contributed by atoms with Gasteiger partial charge >= 0.3 is 0 Å². The fourth-order valence-electron chi connectivity index (χ4n) is 4.08. The summed E-state index contributed by atoms with van der Waals surface area (Å²) in [6.07, 6.45) is 0. The lowest BCUT2D eigenvalue weighted by atomic mass is 10.2. The maximum Gasteiger partial charge on any atom is 0.255 e. The van der Waals surface area contributed by atoms with E-state index >= 15 is 0 Å². The molecule has 0 atom stereocenters. The quantitative estimate of drug-likeness (QED) is 0.675. The lowest BCUT2D eigenvalue weighted by Crippen LogP contribution is -2.48. The van der Waals surface area contributed by atoms with Crippen molar-refractivity contribution in [3.05, 3.63) is 77.6 Å². The molecule has 1 amide bonds. The molecule has 1 aliphatic heterocycles. The van der Waals surface area contributed by atoms with E-state index in [0.29, 0.717) is 0 Å². The predicted molar refractivity (Wildman–Crippen MR) is 116 cm³/mol. The van der Waals surface area contributed by atoms with Crippen LogP contribution in [0.25, 0.3) is 5.69 Å². The van der Waals surface area contributed by atoms with E-state index < -0.39 is 0 Å². The highest BCUT2D eigenvalue weighted by Crippen LogP contribution is 2.24. The third-order valence-corrected chi connectivity index (χ3v) is 5.68. The van der Waals surface area contributed by atoms with Crippen molar-refractivity contribution in [2.75, 3.05) is 38.2 Å². The number of aryl methyl sites for hydroxylation is 1. The first-order valence-corrected chi connectivity index (χ1v) is 10.0. The van der Waals surface area contributed by atoms with Crippen LogP contribution in [0.3, 0.4) is 0 Å². The Bertz CT molecular complexity index is 985. The summed E-state index contributed by atoms with van der Waals surface area (Å²) in [6, 6.07) is 20.3. The Morgan fingerprint density at radius 1 is 0.862 bits per heavy atom. The van der Waals surface area contributed by atoms with Gasteiger partial charge in [-0.1, -0.05) is 18.2 Å². The number of amides is 1. The van der Waals surface area contributed by atoms with Crippen LogP contribution >= 0.6 is 0 Å². The number of hydrogen-bond acceptors (Lipinski definition) is 3. The minimum Gasteiger partial charge on any atom is -0.497 e. The number of methoxy groups -OCH3 is 1. The second-order valence-electron chi connectivity index (χ2n) is 7.43. The fraction of sp³-hybridized carbons (Fsp3) is 0.292. The summed E-state index contributed by atoms with van der Waals surface area (Å²) in [6.45, 7) is 7.24. The van der Waals surface area contributed by atoms with Gasteiger partial charge in [-0.15, -0.1) is 0 Å². The molecule has 1 aromatic heterocycles. The zero-order chi connectivity index (χ0) is 20.4. The third kappa shape index (κ3) is 3.73. The molecule has 0 radical (unpaired) electrons. The van der Waals surface area contributed by atoms with Crippen LogP contribution in [-0.4, -0.2) is 48.7 Å². The first kappa shape index (κ1) is 19.1. The smallest absolute Gasteiger partial charge is 0.255 e. The van der Waals surface area contributed by atoms with Crippen LogP contribution in [0, 0.1) is 13.8 Å². The van der Waals surface area contributed by atoms with Gasteiger partial charge < -0.3 is 19.1 Å². The van der Waals surface area contributed by atoms with E-state index in [1.54, 1.807) is 7.11 Å². The van der Waals surface area contributed by atoms with Gasteiger partial charge in [-0.3, -0.25) is 4.79 Å². The van der Waals surface area contributed by atoms with Gasteiger partial charge in [-0.25, -0.2) is 0 Å². The van der Waals surface area contributed by atoms with Crippen LogP contribution in [0.15, 0.2) is 60.7 Å². The average Bonchev–Trinajstić information content (AvgIpc) is 3.08. The molecule has 0 N–H and O–H groups in total. The predicted octanol–water partition coefficient (Wildman–Crippen LogP) is 4.07. The van der Waals surface area contributed by atoms with Gasteiger partial charge in [0.05, 0.1) is 12.7 Å². The summed E-state index contributed by atoms with van der Waals surface area (Å²) in [5, 5.41) is 0. The zero-order valence-corrected chi connectivity index (χ0v) is 17.3.